The average molecular weight is 402 g/mol. The predicted molar refractivity (Wildman–Crippen MR) is 105 cm³/mol. The molecule has 1 aromatic carbocycles. The smallest absolute Gasteiger partial charge is 0.329 e. The Morgan fingerprint density at radius 2 is 2.03 bits per heavy atom. The average Bonchev–Trinajstić information content (AvgIpc) is 3.44. The van der Waals surface area contributed by atoms with Gasteiger partial charge in [0, 0.05) is 26.2 Å². The third-order valence-corrected chi connectivity index (χ3v) is 4.78. The second kappa shape index (κ2) is 10.6. The van der Waals surface area contributed by atoms with Crippen LogP contribution in [0.25, 0.3) is 0 Å². The van der Waals surface area contributed by atoms with Crippen molar-refractivity contribution in [2.45, 2.75) is 31.8 Å². The Hall–Kier alpha value is -2.94. The quantitative estimate of drug-likeness (QED) is 0.391. The van der Waals surface area contributed by atoms with Crippen LogP contribution in [0.1, 0.15) is 31.2 Å². The summed E-state index contributed by atoms with van der Waals surface area (Å²) in [5.41, 5.74) is 2.85. The molecule has 0 aliphatic carbocycles. The fourth-order valence-electron chi connectivity index (χ4n) is 3.20. The Morgan fingerprint density at radius 1 is 1.21 bits per heavy atom. The Kier molecular flexibility index (Phi) is 7.57. The van der Waals surface area contributed by atoms with Gasteiger partial charge in [-0.1, -0.05) is 12.1 Å². The zero-order valence-electron chi connectivity index (χ0n) is 16.3. The number of carbonyl (C=O) groups is 3. The van der Waals surface area contributed by atoms with Gasteiger partial charge < -0.3 is 19.7 Å². The highest BCUT2D eigenvalue weighted by Crippen LogP contribution is 2.13. The minimum atomic E-state index is -0.845. The van der Waals surface area contributed by atoms with Crippen LogP contribution < -0.4 is 15.5 Å². The van der Waals surface area contributed by atoms with Crippen LogP contribution >= 0.6 is 0 Å². The van der Waals surface area contributed by atoms with Crippen molar-refractivity contribution in [3.63, 3.8) is 0 Å². The number of rotatable bonds is 7. The minimum Gasteiger partial charge on any atom is -0.484 e. The number of hydrazone groups is 1. The summed E-state index contributed by atoms with van der Waals surface area (Å²) in [4.78, 5) is 37.3. The van der Waals surface area contributed by atoms with Crippen molar-refractivity contribution in [2.75, 3.05) is 32.8 Å². The normalized spacial score (nSPS) is 18.8. The first kappa shape index (κ1) is 20.8. The molecule has 1 aromatic rings. The number of ether oxygens (including phenoxy) is 2. The van der Waals surface area contributed by atoms with Gasteiger partial charge in [-0.15, -0.1) is 0 Å². The summed E-state index contributed by atoms with van der Waals surface area (Å²) in [6.07, 6.45) is 5.29. The zero-order valence-corrected chi connectivity index (χ0v) is 16.3. The standard InChI is InChI=1S/C20H26N4O5/c25-18(24-8-1-2-9-24)14-29-16-6-3-5-15(11-16)12-22-23-20(27)19(26)21-13-17-7-4-10-28-17/h3,5-6,11-12,17H,1-2,4,7-10,13-14H2,(H,21,26)(H,23,27)/b22-12-/t17-/m1/s1. The summed E-state index contributed by atoms with van der Waals surface area (Å²) >= 11 is 0. The molecule has 2 aliphatic heterocycles. The molecule has 0 spiro atoms. The lowest BCUT2D eigenvalue weighted by Gasteiger charge is -2.15. The van der Waals surface area contributed by atoms with Gasteiger partial charge in [-0.25, -0.2) is 5.43 Å². The molecule has 2 aliphatic rings. The molecule has 156 valence electrons. The summed E-state index contributed by atoms with van der Waals surface area (Å²) in [5, 5.41) is 6.32. The number of nitrogens with zero attached hydrogens (tertiary/aromatic N) is 2. The lowest BCUT2D eigenvalue weighted by molar-refractivity contribution is -0.139. The molecule has 2 saturated heterocycles. The number of carbonyl (C=O) groups excluding carboxylic acids is 3. The molecule has 3 amide bonds. The summed E-state index contributed by atoms with van der Waals surface area (Å²) in [5.74, 6) is -1.09. The minimum absolute atomic E-state index is 0.0117. The maximum Gasteiger partial charge on any atom is 0.329 e. The lowest BCUT2D eigenvalue weighted by atomic mass is 10.2. The van der Waals surface area contributed by atoms with E-state index in [0.717, 1.165) is 38.8 Å². The van der Waals surface area contributed by atoms with Gasteiger partial charge in [0.25, 0.3) is 5.91 Å². The van der Waals surface area contributed by atoms with E-state index in [1.54, 1.807) is 29.2 Å². The van der Waals surface area contributed by atoms with E-state index in [1.165, 1.54) is 6.21 Å². The highest BCUT2D eigenvalue weighted by atomic mass is 16.5. The summed E-state index contributed by atoms with van der Waals surface area (Å²) in [6, 6.07) is 6.96. The van der Waals surface area contributed by atoms with Gasteiger partial charge in [0.05, 0.1) is 12.3 Å². The number of hydrogen-bond donors (Lipinski definition) is 2. The fraction of sp³-hybridized carbons (Fsp3) is 0.500. The predicted octanol–water partition coefficient (Wildman–Crippen LogP) is 0.433. The van der Waals surface area contributed by atoms with Gasteiger partial charge in [0.1, 0.15) is 5.75 Å². The van der Waals surface area contributed by atoms with Gasteiger partial charge in [-0.05, 0) is 43.4 Å². The second-order valence-electron chi connectivity index (χ2n) is 6.99. The van der Waals surface area contributed by atoms with Crippen molar-refractivity contribution < 1.29 is 23.9 Å². The number of likely N-dealkylation sites (tertiary alicyclic amines) is 1. The first-order valence-corrected chi connectivity index (χ1v) is 9.85. The number of amides is 3. The van der Waals surface area contributed by atoms with E-state index in [0.29, 0.717) is 24.5 Å². The highest BCUT2D eigenvalue weighted by Gasteiger charge is 2.19. The molecule has 9 nitrogen and oxygen atoms in total. The van der Waals surface area contributed by atoms with Crippen LogP contribution in [0.4, 0.5) is 0 Å². The van der Waals surface area contributed by atoms with Crippen molar-refractivity contribution in [3.8, 4) is 5.75 Å². The molecule has 2 fully saturated rings. The molecule has 29 heavy (non-hydrogen) atoms. The van der Waals surface area contributed by atoms with Crippen LogP contribution in [0, 0.1) is 0 Å². The van der Waals surface area contributed by atoms with Crippen LogP contribution in [0.3, 0.4) is 0 Å². The monoisotopic (exact) mass is 402 g/mol. The number of nitrogens with one attached hydrogen (secondary N) is 2. The van der Waals surface area contributed by atoms with Gasteiger partial charge in [0.15, 0.2) is 6.61 Å². The van der Waals surface area contributed by atoms with E-state index >= 15 is 0 Å². The third-order valence-electron chi connectivity index (χ3n) is 4.78. The largest absolute Gasteiger partial charge is 0.484 e. The molecule has 9 heteroatoms. The maximum absolute atomic E-state index is 12.0. The molecule has 3 rings (SSSR count). The Bertz CT molecular complexity index is 755. The van der Waals surface area contributed by atoms with Crippen molar-refractivity contribution in [1.29, 1.82) is 0 Å². The summed E-state index contributed by atoms with van der Waals surface area (Å²) in [7, 11) is 0. The molecular weight excluding hydrogens is 376 g/mol. The van der Waals surface area contributed by atoms with Gasteiger partial charge in [-0.3, -0.25) is 14.4 Å². The topological polar surface area (TPSA) is 109 Å². The summed E-state index contributed by atoms with van der Waals surface area (Å²) < 4.78 is 10.9. The zero-order chi connectivity index (χ0) is 20.5. The second-order valence-corrected chi connectivity index (χ2v) is 6.99. The van der Waals surface area contributed by atoms with Crippen LogP contribution in [0.2, 0.25) is 0 Å². The van der Waals surface area contributed by atoms with Crippen LogP contribution in [0.5, 0.6) is 5.75 Å². The Labute approximate surface area is 169 Å². The van der Waals surface area contributed by atoms with E-state index in [-0.39, 0.29) is 18.6 Å². The van der Waals surface area contributed by atoms with E-state index in [2.05, 4.69) is 15.8 Å². The molecule has 0 saturated carbocycles. The van der Waals surface area contributed by atoms with Crippen molar-refractivity contribution in [3.05, 3.63) is 29.8 Å². The third kappa shape index (κ3) is 6.56. The number of benzene rings is 1. The van der Waals surface area contributed by atoms with Crippen LogP contribution in [-0.2, 0) is 19.1 Å². The summed E-state index contributed by atoms with van der Waals surface area (Å²) in [6.45, 7) is 2.56. The van der Waals surface area contributed by atoms with Crippen molar-refractivity contribution in [2.24, 2.45) is 5.10 Å². The Balaban J connectivity index is 1.41. The maximum atomic E-state index is 12.0. The van der Waals surface area contributed by atoms with Crippen molar-refractivity contribution >= 4 is 23.9 Å². The molecule has 0 bridgehead atoms. The molecule has 2 heterocycles. The molecule has 0 aromatic heterocycles. The van der Waals surface area contributed by atoms with E-state index < -0.39 is 11.8 Å². The molecular formula is C20H26N4O5. The van der Waals surface area contributed by atoms with Crippen molar-refractivity contribution in [1.82, 2.24) is 15.6 Å². The molecule has 0 radical (unpaired) electrons. The van der Waals surface area contributed by atoms with Crippen LogP contribution in [0.15, 0.2) is 29.4 Å². The van der Waals surface area contributed by atoms with E-state index in [1.807, 2.05) is 0 Å². The highest BCUT2D eigenvalue weighted by molar-refractivity contribution is 6.35. The van der Waals surface area contributed by atoms with Gasteiger partial charge in [-0.2, -0.15) is 5.10 Å². The van der Waals surface area contributed by atoms with Gasteiger partial charge >= 0.3 is 11.8 Å². The molecule has 0 unspecified atom stereocenters. The molecule has 1 atom stereocenters. The van der Waals surface area contributed by atoms with Crippen LogP contribution in [-0.4, -0.2) is 67.8 Å². The number of hydrogen-bond acceptors (Lipinski definition) is 6. The SMILES string of the molecule is O=C(NC[C@H]1CCCO1)C(=O)N/N=C\c1cccc(OCC(=O)N2CCCC2)c1. The van der Waals surface area contributed by atoms with E-state index in [4.69, 9.17) is 9.47 Å². The lowest BCUT2D eigenvalue weighted by Crippen LogP contribution is -2.41. The fourth-order valence-corrected chi connectivity index (χ4v) is 3.20. The first-order valence-electron chi connectivity index (χ1n) is 9.85. The van der Waals surface area contributed by atoms with E-state index in [9.17, 15) is 14.4 Å². The first-order chi connectivity index (χ1) is 14.1. The molecule has 2 N–H and O–H groups in total. The Morgan fingerprint density at radius 3 is 2.79 bits per heavy atom. The van der Waals surface area contributed by atoms with Gasteiger partial charge in [0.2, 0.25) is 0 Å².